The summed E-state index contributed by atoms with van der Waals surface area (Å²) in [7, 11) is 4.48. The van der Waals surface area contributed by atoms with Crippen molar-refractivity contribution in [2.24, 2.45) is 5.92 Å². The molecule has 0 saturated heterocycles. The largest absolute Gasteiger partial charge is 0.494 e. The summed E-state index contributed by atoms with van der Waals surface area (Å²) in [5, 5.41) is 17.1. The number of benzene rings is 2. The van der Waals surface area contributed by atoms with Gasteiger partial charge in [0.25, 0.3) is 0 Å². The van der Waals surface area contributed by atoms with E-state index in [4.69, 9.17) is 19.6 Å². The standard InChI is InChI=1S/C30H39FN4O5/c1-38-24-12-9-20(16-26(24)40-3)17-27(36)34-29(32)33-23(15-19-7-5-4-6-8-19)28(37)35-30(13-14-30)21-10-11-22(31)25(18-21)39-2/h9-12,16,18-19,23H,4-8,13-15,17H2,1-3H3,(H,35,37)(H3,32,33,34,36)/t23-/m1/s1. The molecule has 0 unspecified atom stereocenters. The van der Waals surface area contributed by atoms with Crippen molar-refractivity contribution in [1.82, 2.24) is 16.0 Å². The number of carbonyl (C=O) groups is 2. The number of carbonyl (C=O) groups excluding carboxylic acids is 2. The second-order valence-corrected chi connectivity index (χ2v) is 10.6. The number of rotatable bonds is 11. The first-order chi connectivity index (χ1) is 19.3. The van der Waals surface area contributed by atoms with Crippen LogP contribution in [-0.2, 0) is 21.5 Å². The Bertz CT molecular complexity index is 1230. The zero-order valence-corrected chi connectivity index (χ0v) is 23.4. The predicted octanol–water partition coefficient (Wildman–Crippen LogP) is 4.18. The van der Waals surface area contributed by atoms with Crippen molar-refractivity contribution in [3.05, 3.63) is 53.3 Å². The lowest BCUT2D eigenvalue weighted by Gasteiger charge is -2.29. The van der Waals surface area contributed by atoms with Gasteiger partial charge in [0.15, 0.2) is 29.0 Å². The Balaban J connectivity index is 1.42. The van der Waals surface area contributed by atoms with E-state index in [2.05, 4.69) is 16.0 Å². The van der Waals surface area contributed by atoms with Crippen molar-refractivity contribution in [2.75, 3.05) is 21.3 Å². The van der Waals surface area contributed by atoms with Gasteiger partial charge in [-0.3, -0.25) is 20.3 Å². The van der Waals surface area contributed by atoms with E-state index < -0.39 is 23.3 Å². The molecule has 1 atom stereocenters. The molecular formula is C30H39FN4O5. The molecule has 10 heteroatoms. The minimum absolute atomic E-state index is 0.0272. The molecule has 2 aliphatic carbocycles. The molecule has 40 heavy (non-hydrogen) atoms. The molecule has 2 amide bonds. The molecule has 0 aliphatic heterocycles. The number of guanidine groups is 1. The average molecular weight is 555 g/mol. The van der Waals surface area contributed by atoms with Gasteiger partial charge in [-0.25, -0.2) is 4.39 Å². The van der Waals surface area contributed by atoms with Gasteiger partial charge in [-0.05, 0) is 60.6 Å². The average Bonchev–Trinajstić information content (AvgIpc) is 3.73. The third-order valence-corrected chi connectivity index (χ3v) is 7.82. The first kappa shape index (κ1) is 29.2. The fraction of sp³-hybridized carbons (Fsp3) is 0.500. The number of ether oxygens (including phenoxy) is 3. The van der Waals surface area contributed by atoms with Crippen LogP contribution in [0.2, 0.25) is 0 Å². The highest BCUT2D eigenvalue weighted by molar-refractivity contribution is 5.98. The van der Waals surface area contributed by atoms with Crippen LogP contribution in [0.5, 0.6) is 17.2 Å². The van der Waals surface area contributed by atoms with E-state index >= 15 is 0 Å². The Labute approximate surface area is 234 Å². The number of halogens is 1. The Morgan fingerprint density at radius 1 is 0.975 bits per heavy atom. The van der Waals surface area contributed by atoms with Crippen molar-refractivity contribution < 1.29 is 28.2 Å². The maximum absolute atomic E-state index is 14.0. The highest BCUT2D eigenvalue weighted by atomic mass is 19.1. The quantitative estimate of drug-likeness (QED) is 0.244. The fourth-order valence-corrected chi connectivity index (χ4v) is 5.45. The van der Waals surface area contributed by atoms with Crippen molar-refractivity contribution in [1.29, 1.82) is 5.41 Å². The van der Waals surface area contributed by atoms with Gasteiger partial charge in [-0.2, -0.15) is 0 Å². The Morgan fingerprint density at radius 2 is 1.68 bits per heavy atom. The van der Waals surface area contributed by atoms with Gasteiger partial charge < -0.3 is 24.8 Å². The monoisotopic (exact) mass is 554 g/mol. The molecule has 0 aromatic heterocycles. The van der Waals surface area contributed by atoms with Crippen LogP contribution in [0.1, 0.15) is 62.5 Å². The van der Waals surface area contributed by atoms with Crippen LogP contribution >= 0.6 is 0 Å². The fourth-order valence-electron chi connectivity index (χ4n) is 5.45. The van der Waals surface area contributed by atoms with E-state index in [9.17, 15) is 14.0 Å². The molecule has 0 bridgehead atoms. The molecule has 0 spiro atoms. The second-order valence-electron chi connectivity index (χ2n) is 10.6. The third-order valence-electron chi connectivity index (χ3n) is 7.82. The van der Waals surface area contributed by atoms with Crippen LogP contribution < -0.4 is 30.2 Å². The van der Waals surface area contributed by atoms with Gasteiger partial charge >= 0.3 is 0 Å². The van der Waals surface area contributed by atoms with Gasteiger partial charge in [0.1, 0.15) is 6.04 Å². The minimum atomic E-state index is -0.697. The Morgan fingerprint density at radius 3 is 2.33 bits per heavy atom. The van der Waals surface area contributed by atoms with Crippen LogP contribution in [0, 0.1) is 17.1 Å². The van der Waals surface area contributed by atoms with E-state index in [1.165, 1.54) is 26.7 Å². The molecule has 9 nitrogen and oxygen atoms in total. The predicted molar refractivity (Wildman–Crippen MR) is 149 cm³/mol. The number of amides is 2. The maximum Gasteiger partial charge on any atom is 0.243 e. The SMILES string of the molecule is COc1cc(C2(NC(=O)[C@@H](CC3CCCCC3)NC(=N)NC(=O)Cc3ccc(OC)c(OC)c3)CC2)ccc1F. The zero-order valence-electron chi connectivity index (χ0n) is 23.4. The van der Waals surface area contributed by atoms with E-state index in [1.807, 2.05) is 0 Å². The van der Waals surface area contributed by atoms with Crippen molar-refractivity contribution >= 4 is 17.8 Å². The molecule has 2 aromatic carbocycles. The maximum atomic E-state index is 14.0. The second kappa shape index (κ2) is 13.0. The molecular weight excluding hydrogens is 515 g/mol. The topological polar surface area (TPSA) is 122 Å². The summed E-state index contributed by atoms with van der Waals surface area (Å²) >= 11 is 0. The number of hydrogen-bond donors (Lipinski definition) is 4. The van der Waals surface area contributed by atoms with Crippen molar-refractivity contribution in [3.63, 3.8) is 0 Å². The molecule has 0 heterocycles. The van der Waals surface area contributed by atoms with E-state index in [0.29, 0.717) is 29.4 Å². The van der Waals surface area contributed by atoms with Crippen LogP contribution in [0.25, 0.3) is 0 Å². The lowest BCUT2D eigenvalue weighted by Crippen LogP contribution is -2.54. The van der Waals surface area contributed by atoms with E-state index in [1.54, 1.807) is 37.4 Å². The molecule has 4 rings (SSSR count). The summed E-state index contributed by atoms with van der Waals surface area (Å²) in [6.07, 6.45) is 7.54. The van der Waals surface area contributed by atoms with Gasteiger partial charge in [-0.1, -0.05) is 44.2 Å². The molecule has 216 valence electrons. The lowest BCUT2D eigenvalue weighted by molar-refractivity contribution is -0.124. The summed E-state index contributed by atoms with van der Waals surface area (Å²) in [5.74, 6) is 0.242. The number of hydrogen-bond acceptors (Lipinski definition) is 6. The number of methoxy groups -OCH3 is 3. The Kier molecular flexibility index (Phi) is 9.50. The highest BCUT2D eigenvalue weighted by Gasteiger charge is 2.47. The molecule has 2 aromatic rings. The molecule has 4 N–H and O–H groups in total. The lowest BCUT2D eigenvalue weighted by atomic mass is 9.84. The zero-order chi connectivity index (χ0) is 28.7. The van der Waals surface area contributed by atoms with Crippen molar-refractivity contribution in [3.8, 4) is 17.2 Å². The first-order valence-corrected chi connectivity index (χ1v) is 13.8. The third kappa shape index (κ3) is 7.22. The molecule has 2 saturated carbocycles. The smallest absolute Gasteiger partial charge is 0.243 e. The van der Waals surface area contributed by atoms with E-state index in [-0.39, 0.29) is 24.0 Å². The number of nitrogens with one attached hydrogen (secondary N) is 4. The van der Waals surface area contributed by atoms with Gasteiger partial charge in [0.2, 0.25) is 11.8 Å². The van der Waals surface area contributed by atoms with Crippen molar-refractivity contribution in [2.45, 2.75) is 69.4 Å². The van der Waals surface area contributed by atoms with Gasteiger partial charge in [0.05, 0.1) is 33.3 Å². The minimum Gasteiger partial charge on any atom is -0.494 e. The van der Waals surface area contributed by atoms with Gasteiger partial charge in [-0.15, -0.1) is 0 Å². The summed E-state index contributed by atoms with van der Waals surface area (Å²) in [4.78, 5) is 26.3. The Hall–Kier alpha value is -3.82. The van der Waals surface area contributed by atoms with Crippen LogP contribution in [0.3, 0.4) is 0 Å². The molecule has 2 fully saturated rings. The molecule has 2 aliphatic rings. The summed E-state index contributed by atoms with van der Waals surface area (Å²) in [6, 6.07) is 9.15. The van der Waals surface area contributed by atoms with Crippen LogP contribution in [0.15, 0.2) is 36.4 Å². The van der Waals surface area contributed by atoms with E-state index in [0.717, 1.165) is 44.1 Å². The highest BCUT2D eigenvalue weighted by Crippen LogP contribution is 2.46. The summed E-state index contributed by atoms with van der Waals surface area (Å²) < 4.78 is 29.7. The van der Waals surface area contributed by atoms with Crippen LogP contribution in [0.4, 0.5) is 4.39 Å². The summed E-state index contributed by atoms with van der Waals surface area (Å²) in [5.41, 5.74) is 0.891. The molecule has 0 radical (unpaired) electrons. The normalized spacial score (nSPS) is 16.8. The van der Waals surface area contributed by atoms with Gasteiger partial charge in [0, 0.05) is 0 Å². The first-order valence-electron chi connectivity index (χ1n) is 13.8. The summed E-state index contributed by atoms with van der Waals surface area (Å²) in [6.45, 7) is 0. The van der Waals surface area contributed by atoms with Crippen LogP contribution in [-0.4, -0.2) is 45.1 Å².